The molecule has 0 radical (unpaired) electrons. The molecule has 184 valence electrons. The van der Waals surface area contributed by atoms with E-state index in [2.05, 4.69) is 15.1 Å². The summed E-state index contributed by atoms with van der Waals surface area (Å²) in [6, 6.07) is 1.92. The molecule has 0 unspecified atom stereocenters. The van der Waals surface area contributed by atoms with Gasteiger partial charge >= 0.3 is 5.69 Å². The number of unbranched alkanes of at least 4 members (excludes halogenated alkanes) is 2. The molecule has 3 N–H and O–H groups in total. The molecule has 0 saturated heterocycles. The fourth-order valence-corrected chi connectivity index (χ4v) is 3.91. The Bertz CT molecular complexity index is 1310. The zero-order valence-electron chi connectivity index (χ0n) is 20.5. The van der Waals surface area contributed by atoms with Crippen molar-refractivity contribution in [3.05, 3.63) is 38.2 Å². The Kier molecular flexibility index (Phi) is 7.75. The average Bonchev–Trinajstić information content (AvgIpc) is 3.09. The highest BCUT2D eigenvalue weighted by Crippen LogP contribution is 2.27. The molecular weight excluding hydrogens is 438 g/mol. The molecule has 0 bridgehead atoms. The molecule has 0 atom stereocenters. The van der Waals surface area contributed by atoms with Crippen LogP contribution in [0.3, 0.4) is 0 Å². The Labute approximate surface area is 197 Å². The van der Waals surface area contributed by atoms with Gasteiger partial charge in [-0.1, -0.05) is 26.7 Å². The van der Waals surface area contributed by atoms with Crippen LogP contribution >= 0.6 is 0 Å². The number of nitrogens with two attached hydrogens (primary N) is 1. The fraction of sp³-hybridized carbons (Fsp3) is 0.522. The van der Waals surface area contributed by atoms with Crippen molar-refractivity contribution >= 4 is 28.4 Å². The second-order valence-corrected chi connectivity index (χ2v) is 8.39. The number of anilines is 2. The summed E-state index contributed by atoms with van der Waals surface area (Å²) in [6.07, 6.45) is 3.00. The maximum Gasteiger partial charge on any atom is 0.330 e. The number of fused-ring (bicyclic) bond motifs is 1. The van der Waals surface area contributed by atoms with Gasteiger partial charge in [0.15, 0.2) is 17.9 Å². The van der Waals surface area contributed by atoms with Crippen LogP contribution in [0.2, 0.25) is 0 Å². The lowest BCUT2D eigenvalue weighted by molar-refractivity contribution is -0.120. The first-order chi connectivity index (χ1) is 16.2. The van der Waals surface area contributed by atoms with Gasteiger partial charge in [0.25, 0.3) is 11.5 Å². The van der Waals surface area contributed by atoms with Gasteiger partial charge in [-0.2, -0.15) is 0 Å². The second kappa shape index (κ2) is 10.5. The maximum absolute atomic E-state index is 13.3. The standard InChI is InChI=1S/C23H33N7O4/c1-6-8-10-29(18-19(24)30(11-9-7-2)23(33)26-21(18)32)16(31)13-34-22-17-14(3)12-15(4)25-20(17)28(5)27-22/h12H,6-11,13,24H2,1-5H3,(H,26,32,33). The highest BCUT2D eigenvalue weighted by Gasteiger charge is 2.25. The molecule has 0 aliphatic rings. The largest absolute Gasteiger partial charge is 0.466 e. The van der Waals surface area contributed by atoms with E-state index in [0.717, 1.165) is 29.5 Å². The fourth-order valence-electron chi connectivity index (χ4n) is 3.91. The molecule has 0 aromatic carbocycles. The van der Waals surface area contributed by atoms with Crippen molar-refractivity contribution in [2.45, 2.75) is 59.9 Å². The lowest BCUT2D eigenvalue weighted by Crippen LogP contribution is -2.43. The van der Waals surface area contributed by atoms with Crippen LogP contribution in [-0.2, 0) is 18.4 Å². The molecule has 11 nitrogen and oxygen atoms in total. The van der Waals surface area contributed by atoms with Crippen LogP contribution in [0.25, 0.3) is 11.0 Å². The molecule has 0 fully saturated rings. The van der Waals surface area contributed by atoms with Crippen molar-refractivity contribution in [3.8, 4) is 5.88 Å². The molecule has 34 heavy (non-hydrogen) atoms. The first kappa shape index (κ1) is 25.0. The number of aromatic nitrogens is 5. The van der Waals surface area contributed by atoms with E-state index in [0.29, 0.717) is 30.9 Å². The summed E-state index contributed by atoms with van der Waals surface area (Å²) in [5.74, 6) is -0.186. The number of carbonyl (C=O) groups is 1. The third-order valence-corrected chi connectivity index (χ3v) is 5.67. The Morgan fingerprint density at radius 2 is 1.91 bits per heavy atom. The van der Waals surface area contributed by atoms with Crippen LogP contribution in [0.1, 0.15) is 50.8 Å². The Morgan fingerprint density at radius 3 is 2.59 bits per heavy atom. The summed E-state index contributed by atoms with van der Waals surface area (Å²) in [4.78, 5) is 46.4. The number of H-pyrrole nitrogens is 1. The summed E-state index contributed by atoms with van der Waals surface area (Å²) in [7, 11) is 1.76. The minimum Gasteiger partial charge on any atom is -0.466 e. The number of aromatic amines is 1. The molecular formula is C23H33N7O4. The van der Waals surface area contributed by atoms with Crippen LogP contribution < -0.4 is 26.6 Å². The Morgan fingerprint density at radius 1 is 1.21 bits per heavy atom. The monoisotopic (exact) mass is 471 g/mol. The maximum atomic E-state index is 13.3. The lowest BCUT2D eigenvalue weighted by atomic mass is 10.2. The smallest absolute Gasteiger partial charge is 0.330 e. The van der Waals surface area contributed by atoms with Crippen LogP contribution in [0.4, 0.5) is 11.5 Å². The van der Waals surface area contributed by atoms with Crippen molar-refractivity contribution in [2.24, 2.45) is 7.05 Å². The van der Waals surface area contributed by atoms with Gasteiger partial charge in [0.05, 0.1) is 5.39 Å². The predicted molar refractivity (Wildman–Crippen MR) is 131 cm³/mol. The Hall–Kier alpha value is -3.63. The summed E-state index contributed by atoms with van der Waals surface area (Å²) >= 11 is 0. The number of amides is 1. The molecule has 3 aromatic rings. The van der Waals surface area contributed by atoms with E-state index in [1.54, 1.807) is 11.7 Å². The highest BCUT2D eigenvalue weighted by atomic mass is 16.5. The quantitative estimate of drug-likeness (QED) is 0.461. The van der Waals surface area contributed by atoms with Crippen molar-refractivity contribution in [3.63, 3.8) is 0 Å². The molecule has 0 aliphatic heterocycles. The van der Waals surface area contributed by atoms with E-state index < -0.39 is 17.2 Å². The zero-order valence-corrected chi connectivity index (χ0v) is 20.5. The molecule has 11 heteroatoms. The number of ether oxygens (including phenoxy) is 1. The van der Waals surface area contributed by atoms with Crippen LogP contribution in [-0.4, -0.2) is 43.4 Å². The van der Waals surface area contributed by atoms with Gasteiger partial charge in [0, 0.05) is 25.8 Å². The van der Waals surface area contributed by atoms with Crippen molar-refractivity contribution in [2.75, 3.05) is 23.8 Å². The SMILES string of the molecule is CCCCN(C(=O)COc1nn(C)c2nc(C)cc(C)c12)c1c(N)n(CCCC)c(=O)[nH]c1=O. The number of rotatable bonds is 10. The van der Waals surface area contributed by atoms with E-state index in [1.807, 2.05) is 33.8 Å². The Balaban J connectivity index is 1.94. The molecule has 3 rings (SSSR count). The van der Waals surface area contributed by atoms with Crippen molar-refractivity contribution in [1.82, 2.24) is 24.3 Å². The number of aryl methyl sites for hydroxylation is 3. The predicted octanol–water partition coefficient (Wildman–Crippen LogP) is 2.03. The number of pyridine rings is 1. The summed E-state index contributed by atoms with van der Waals surface area (Å²) in [6.45, 7) is 8.06. The molecule has 0 saturated carbocycles. The normalized spacial score (nSPS) is 11.2. The van der Waals surface area contributed by atoms with Gasteiger partial charge in [0.1, 0.15) is 5.82 Å². The third kappa shape index (κ3) is 4.97. The lowest BCUT2D eigenvalue weighted by Gasteiger charge is -2.24. The average molecular weight is 472 g/mol. The van der Waals surface area contributed by atoms with Crippen molar-refractivity contribution < 1.29 is 9.53 Å². The molecule has 3 aromatic heterocycles. The number of nitrogens with zero attached hydrogens (tertiary/aromatic N) is 5. The molecule has 1 amide bonds. The first-order valence-electron chi connectivity index (χ1n) is 11.6. The zero-order chi connectivity index (χ0) is 25.0. The summed E-state index contributed by atoms with van der Waals surface area (Å²) in [5.41, 5.74) is 7.38. The van der Waals surface area contributed by atoms with E-state index in [-0.39, 0.29) is 24.7 Å². The number of carbonyl (C=O) groups excluding carboxylic acids is 1. The van der Waals surface area contributed by atoms with Gasteiger partial charge in [-0.05, 0) is 38.3 Å². The van der Waals surface area contributed by atoms with Crippen molar-refractivity contribution in [1.29, 1.82) is 0 Å². The summed E-state index contributed by atoms with van der Waals surface area (Å²) < 4.78 is 8.73. The summed E-state index contributed by atoms with van der Waals surface area (Å²) in [5, 5.41) is 5.10. The van der Waals surface area contributed by atoms with Gasteiger partial charge in [0.2, 0.25) is 5.88 Å². The minimum atomic E-state index is -0.696. The molecule has 0 spiro atoms. The van der Waals surface area contributed by atoms with Crippen LogP contribution in [0.15, 0.2) is 15.7 Å². The molecule has 3 heterocycles. The number of hydrogen-bond acceptors (Lipinski definition) is 7. The van der Waals surface area contributed by atoms with Gasteiger partial charge in [-0.25, -0.2) is 14.5 Å². The van der Waals surface area contributed by atoms with Gasteiger partial charge in [-0.15, -0.1) is 5.10 Å². The third-order valence-electron chi connectivity index (χ3n) is 5.67. The van der Waals surface area contributed by atoms with E-state index in [1.165, 1.54) is 9.47 Å². The highest BCUT2D eigenvalue weighted by molar-refractivity contribution is 5.96. The van der Waals surface area contributed by atoms with Crippen LogP contribution in [0, 0.1) is 13.8 Å². The minimum absolute atomic E-state index is 0.0227. The van der Waals surface area contributed by atoms with Gasteiger partial charge < -0.3 is 15.4 Å². The number of hydrogen-bond donors (Lipinski definition) is 2. The van der Waals surface area contributed by atoms with E-state index >= 15 is 0 Å². The second-order valence-electron chi connectivity index (χ2n) is 8.39. The van der Waals surface area contributed by atoms with E-state index in [9.17, 15) is 14.4 Å². The first-order valence-corrected chi connectivity index (χ1v) is 11.6. The topological polar surface area (TPSA) is 141 Å². The number of nitrogens with one attached hydrogen (secondary N) is 1. The van der Waals surface area contributed by atoms with Gasteiger partial charge in [-0.3, -0.25) is 19.1 Å². The van der Waals surface area contributed by atoms with E-state index in [4.69, 9.17) is 10.5 Å². The van der Waals surface area contributed by atoms with Crippen LogP contribution in [0.5, 0.6) is 5.88 Å². The molecule has 0 aliphatic carbocycles. The number of nitrogen functional groups attached to an aromatic ring is 1.